The van der Waals surface area contributed by atoms with Gasteiger partial charge in [-0.25, -0.2) is 0 Å². The molecule has 3 aliphatic heterocycles. The Morgan fingerprint density at radius 1 is 1.03 bits per heavy atom. The molecule has 2 fully saturated rings. The van der Waals surface area contributed by atoms with Crippen LogP contribution in [0, 0.1) is 6.92 Å². The summed E-state index contributed by atoms with van der Waals surface area (Å²) in [6.07, 6.45) is 3.27. The second-order valence-electron chi connectivity index (χ2n) is 9.66. The average Bonchev–Trinajstić information content (AvgIpc) is 3.56. The molecule has 7 heteroatoms. The number of aliphatic hydroxyl groups excluding tert-OH is 1. The van der Waals surface area contributed by atoms with Gasteiger partial charge < -0.3 is 29.7 Å². The van der Waals surface area contributed by atoms with Crippen LogP contribution in [0.1, 0.15) is 42.9 Å². The number of nitrogens with one attached hydrogen (secondary N) is 1. The fourth-order valence-corrected chi connectivity index (χ4v) is 5.31. The highest BCUT2D eigenvalue weighted by Gasteiger charge is 2.34. The lowest BCUT2D eigenvalue weighted by atomic mass is 10.00. The number of nitrogens with zero attached hydrogens (tertiary/aromatic N) is 2. The molecular formula is C27H35N3O4. The van der Waals surface area contributed by atoms with E-state index in [1.165, 1.54) is 5.56 Å². The van der Waals surface area contributed by atoms with E-state index in [-0.39, 0.29) is 11.9 Å². The molecule has 1 unspecified atom stereocenters. The van der Waals surface area contributed by atoms with Gasteiger partial charge in [-0.05, 0) is 75.5 Å². The zero-order valence-electron chi connectivity index (χ0n) is 19.9. The van der Waals surface area contributed by atoms with Gasteiger partial charge in [0, 0.05) is 18.8 Å². The Labute approximate surface area is 201 Å². The summed E-state index contributed by atoms with van der Waals surface area (Å²) >= 11 is 0. The summed E-state index contributed by atoms with van der Waals surface area (Å²) in [5.41, 5.74) is 3.01. The maximum absolute atomic E-state index is 13.5. The summed E-state index contributed by atoms with van der Waals surface area (Å²) in [5, 5.41) is 14.6. The van der Waals surface area contributed by atoms with E-state index in [9.17, 15) is 9.90 Å². The van der Waals surface area contributed by atoms with Crippen molar-refractivity contribution < 1.29 is 19.4 Å². The topological polar surface area (TPSA) is 74.3 Å². The van der Waals surface area contributed by atoms with E-state index in [2.05, 4.69) is 46.3 Å². The van der Waals surface area contributed by atoms with E-state index in [0.29, 0.717) is 31.3 Å². The molecule has 2 aromatic carbocycles. The van der Waals surface area contributed by atoms with Crippen molar-refractivity contribution in [3.05, 3.63) is 53.6 Å². The zero-order chi connectivity index (χ0) is 23.5. The van der Waals surface area contributed by atoms with Crippen molar-refractivity contribution >= 4 is 11.6 Å². The lowest BCUT2D eigenvalue weighted by molar-refractivity contribution is -0.124. The van der Waals surface area contributed by atoms with E-state index < -0.39 is 12.1 Å². The molecule has 0 spiro atoms. The molecule has 0 aromatic heterocycles. The van der Waals surface area contributed by atoms with E-state index in [0.717, 1.165) is 56.6 Å². The first kappa shape index (κ1) is 23.0. The quantitative estimate of drug-likeness (QED) is 0.655. The van der Waals surface area contributed by atoms with Crippen molar-refractivity contribution in [2.24, 2.45) is 0 Å². The second-order valence-corrected chi connectivity index (χ2v) is 9.66. The van der Waals surface area contributed by atoms with Crippen LogP contribution < -0.4 is 19.7 Å². The van der Waals surface area contributed by atoms with Gasteiger partial charge in [0.25, 0.3) is 0 Å². The van der Waals surface area contributed by atoms with E-state index >= 15 is 0 Å². The Hall–Kier alpha value is -2.77. The van der Waals surface area contributed by atoms with E-state index in [1.54, 1.807) is 0 Å². The fraction of sp³-hybridized carbons (Fsp3) is 0.519. The highest BCUT2D eigenvalue weighted by Crippen LogP contribution is 2.34. The summed E-state index contributed by atoms with van der Waals surface area (Å²) in [6.45, 7) is 6.58. The van der Waals surface area contributed by atoms with E-state index in [1.807, 2.05) is 18.2 Å². The highest BCUT2D eigenvalue weighted by atomic mass is 16.6. The number of hydrogen-bond donors (Lipinski definition) is 2. The van der Waals surface area contributed by atoms with Crippen molar-refractivity contribution in [1.82, 2.24) is 10.2 Å². The SMILES string of the molecule is Cc1ccc(N2CCCC2C(=O)N[C@H](CN2CCCC2)[C@H](O)c2ccc3c(c2)OCCO3)cc1. The molecule has 3 atom stereocenters. The smallest absolute Gasteiger partial charge is 0.243 e. The minimum Gasteiger partial charge on any atom is -0.486 e. The Kier molecular flexibility index (Phi) is 6.92. The molecule has 34 heavy (non-hydrogen) atoms. The lowest BCUT2D eigenvalue weighted by Gasteiger charge is -2.32. The third kappa shape index (κ3) is 5.00. The molecule has 3 aliphatic rings. The van der Waals surface area contributed by atoms with Gasteiger partial charge in [-0.2, -0.15) is 0 Å². The summed E-state index contributed by atoms with van der Waals surface area (Å²) in [7, 11) is 0. The number of benzene rings is 2. The molecule has 2 aromatic rings. The van der Waals surface area contributed by atoms with Gasteiger partial charge in [-0.15, -0.1) is 0 Å². The molecule has 3 heterocycles. The van der Waals surface area contributed by atoms with Gasteiger partial charge in [0.1, 0.15) is 25.4 Å². The zero-order valence-corrected chi connectivity index (χ0v) is 19.9. The molecule has 1 amide bonds. The molecule has 5 rings (SSSR count). The maximum Gasteiger partial charge on any atom is 0.243 e. The number of aliphatic hydroxyl groups is 1. The first-order chi connectivity index (χ1) is 16.6. The van der Waals surface area contributed by atoms with Gasteiger partial charge in [0.05, 0.1) is 6.04 Å². The number of likely N-dealkylation sites (tertiary alicyclic amines) is 1. The third-order valence-corrected chi connectivity index (χ3v) is 7.19. The Morgan fingerprint density at radius 2 is 1.76 bits per heavy atom. The number of amides is 1. The molecule has 182 valence electrons. The number of ether oxygens (including phenoxy) is 2. The summed E-state index contributed by atoms with van der Waals surface area (Å²) in [4.78, 5) is 18.0. The first-order valence-corrected chi connectivity index (χ1v) is 12.5. The number of rotatable bonds is 7. The van der Waals surface area contributed by atoms with Crippen molar-refractivity contribution in [1.29, 1.82) is 0 Å². The second kappa shape index (κ2) is 10.2. The molecule has 0 aliphatic carbocycles. The van der Waals surface area contributed by atoms with Gasteiger partial charge in [-0.1, -0.05) is 23.8 Å². The Balaban J connectivity index is 1.34. The van der Waals surface area contributed by atoms with Gasteiger partial charge in [-0.3, -0.25) is 4.79 Å². The molecule has 7 nitrogen and oxygen atoms in total. The first-order valence-electron chi connectivity index (χ1n) is 12.5. The van der Waals surface area contributed by atoms with Crippen LogP contribution in [-0.2, 0) is 4.79 Å². The van der Waals surface area contributed by atoms with E-state index in [4.69, 9.17) is 9.47 Å². The normalized spacial score (nSPS) is 21.9. The Bertz CT molecular complexity index is 990. The van der Waals surface area contributed by atoms with Crippen molar-refractivity contribution in [2.75, 3.05) is 44.3 Å². The third-order valence-electron chi connectivity index (χ3n) is 7.19. The maximum atomic E-state index is 13.5. The molecule has 0 saturated carbocycles. The Morgan fingerprint density at radius 3 is 2.53 bits per heavy atom. The fourth-order valence-electron chi connectivity index (χ4n) is 5.31. The average molecular weight is 466 g/mol. The molecular weight excluding hydrogens is 430 g/mol. The molecule has 2 saturated heterocycles. The lowest BCUT2D eigenvalue weighted by Crippen LogP contribution is -2.52. The standard InChI is InChI=1S/C27H35N3O4/c1-19-6-9-21(10-7-19)30-14-4-5-23(30)27(32)28-22(18-29-12-2-3-13-29)26(31)20-8-11-24-25(17-20)34-16-15-33-24/h6-11,17,22-23,26,31H,2-5,12-16,18H2,1H3,(H,28,32)/t22-,23?,26-/m1/s1. The van der Waals surface area contributed by atoms with Crippen LogP contribution in [0.3, 0.4) is 0 Å². The van der Waals surface area contributed by atoms with Crippen LogP contribution in [0.5, 0.6) is 11.5 Å². The number of aryl methyl sites for hydroxylation is 1. The van der Waals surface area contributed by atoms with Crippen molar-refractivity contribution in [2.45, 2.75) is 50.8 Å². The van der Waals surface area contributed by atoms with Gasteiger partial charge in [0.2, 0.25) is 5.91 Å². The van der Waals surface area contributed by atoms with Gasteiger partial charge in [0.15, 0.2) is 11.5 Å². The molecule has 0 bridgehead atoms. The molecule has 0 radical (unpaired) electrons. The van der Waals surface area contributed by atoms with Crippen LogP contribution in [0.25, 0.3) is 0 Å². The highest BCUT2D eigenvalue weighted by molar-refractivity contribution is 5.86. The summed E-state index contributed by atoms with van der Waals surface area (Å²) < 4.78 is 11.4. The van der Waals surface area contributed by atoms with Crippen LogP contribution in [0.2, 0.25) is 0 Å². The minimum atomic E-state index is -0.838. The summed E-state index contributed by atoms with van der Waals surface area (Å²) in [6, 6.07) is 13.3. The monoisotopic (exact) mass is 465 g/mol. The number of anilines is 1. The van der Waals surface area contributed by atoms with Gasteiger partial charge >= 0.3 is 0 Å². The molecule has 2 N–H and O–H groups in total. The van der Waals surface area contributed by atoms with Crippen molar-refractivity contribution in [3.63, 3.8) is 0 Å². The predicted octanol–water partition coefficient (Wildman–Crippen LogP) is 3.05. The van der Waals surface area contributed by atoms with Crippen LogP contribution in [0.15, 0.2) is 42.5 Å². The number of carbonyl (C=O) groups excluding carboxylic acids is 1. The minimum absolute atomic E-state index is 0.0149. The number of hydrogen-bond acceptors (Lipinski definition) is 6. The van der Waals surface area contributed by atoms with Crippen LogP contribution >= 0.6 is 0 Å². The van der Waals surface area contributed by atoms with Crippen LogP contribution in [-0.4, -0.2) is 67.4 Å². The predicted molar refractivity (Wildman–Crippen MR) is 132 cm³/mol. The van der Waals surface area contributed by atoms with Crippen molar-refractivity contribution in [3.8, 4) is 11.5 Å². The number of fused-ring (bicyclic) bond motifs is 1. The van der Waals surface area contributed by atoms with Crippen LogP contribution in [0.4, 0.5) is 5.69 Å². The summed E-state index contributed by atoms with van der Waals surface area (Å²) in [5.74, 6) is 1.33. The number of carbonyl (C=O) groups is 1. The largest absolute Gasteiger partial charge is 0.486 e.